The highest BCUT2D eigenvalue weighted by molar-refractivity contribution is 7.93. The van der Waals surface area contributed by atoms with Crippen molar-refractivity contribution in [1.29, 1.82) is 0 Å². The van der Waals surface area contributed by atoms with Gasteiger partial charge in [-0.1, -0.05) is 6.07 Å². The maximum absolute atomic E-state index is 13.3. The van der Waals surface area contributed by atoms with Gasteiger partial charge in [0.15, 0.2) is 9.92 Å². The minimum absolute atomic E-state index is 0.156. The maximum Gasteiger partial charge on any atom is 0.354 e. The highest BCUT2D eigenvalue weighted by Gasteiger charge is 2.31. The molecule has 6 nitrogen and oxygen atoms in total. The Morgan fingerprint density at radius 3 is 2.70 bits per heavy atom. The fourth-order valence-electron chi connectivity index (χ4n) is 4.59. The number of nitrogens with zero attached hydrogens (tertiary/aromatic N) is 1. The van der Waals surface area contributed by atoms with E-state index in [0.717, 1.165) is 60.3 Å². The number of amides is 2. The van der Waals surface area contributed by atoms with E-state index in [0.29, 0.717) is 23.4 Å². The number of nitrogens with one attached hydrogen (secondary N) is 2. The summed E-state index contributed by atoms with van der Waals surface area (Å²) in [6, 6.07) is 1.76. The van der Waals surface area contributed by atoms with Crippen molar-refractivity contribution in [1.82, 2.24) is 5.32 Å². The van der Waals surface area contributed by atoms with E-state index < -0.39 is 28.4 Å². The van der Waals surface area contributed by atoms with Crippen LogP contribution >= 0.6 is 11.3 Å². The lowest BCUT2D eigenvalue weighted by atomic mass is 9.83. The Bertz CT molecular complexity index is 1170. The van der Waals surface area contributed by atoms with Crippen molar-refractivity contribution in [3.05, 3.63) is 44.8 Å². The average molecular weight is 453 g/mol. The first kappa shape index (κ1) is 20.0. The molecule has 2 atom stereocenters. The molecule has 2 unspecified atom stereocenters. The van der Waals surface area contributed by atoms with Crippen molar-refractivity contribution < 1.29 is 17.8 Å². The first-order chi connectivity index (χ1) is 14.3. The van der Waals surface area contributed by atoms with Gasteiger partial charge >= 0.3 is 6.03 Å². The number of nitrogens with two attached hydrogens (primary N) is 1. The van der Waals surface area contributed by atoms with Crippen LogP contribution in [-0.4, -0.2) is 23.2 Å². The molecule has 1 aromatic carbocycles. The summed E-state index contributed by atoms with van der Waals surface area (Å²) in [4.78, 5) is 13.4. The number of rotatable bonds is 3. The van der Waals surface area contributed by atoms with Gasteiger partial charge in [0.2, 0.25) is 0 Å². The predicted octanol–water partition coefficient (Wildman–Crippen LogP) is 3.72. The summed E-state index contributed by atoms with van der Waals surface area (Å²) >= 11 is 1.10. The molecular weight excluding hydrogens is 430 g/mol. The van der Waals surface area contributed by atoms with Gasteiger partial charge in [0.25, 0.3) is 6.43 Å². The average Bonchev–Trinajstić information content (AvgIpc) is 3.30. The number of hydrogen-bond acceptors (Lipinski definition) is 4. The molecule has 2 aromatic rings. The van der Waals surface area contributed by atoms with Crippen LogP contribution in [-0.2, 0) is 42.0 Å². The summed E-state index contributed by atoms with van der Waals surface area (Å²) < 4.78 is 43.5. The number of hydrogen-bond donors (Lipinski definition) is 3. The zero-order valence-corrected chi connectivity index (χ0v) is 17.8. The molecule has 2 heterocycles. The van der Waals surface area contributed by atoms with Crippen LogP contribution in [0.3, 0.4) is 0 Å². The lowest BCUT2D eigenvalue weighted by molar-refractivity contribution is 0.0958. The van der Waals surface area contributed by atoms with Crippen molar-refractivity contribution in [3.63, 3.8) is 0 Å². The van der Waals surface area contributed by atoms with Crippen molar-refractivity contribution in [2.24, 2.45) is 9.50 Å². The van der Waals surface area contributed by atoms with Crippen LogP contribution in [0.1, 0.15) is 45.2 Å². The molecule has 0 fully saturated rings. The van der Waals surface area contributed by atoms with E-state index in [1.165, 1.54) is 17.2 Å². The molecule has 0 spiro atoms. The van der Waals surface area contributed by atoms with E-state index in [1.54, 1.807) is 0 Å². The summed E-state index contributed by atoms with van der Waals surface area (Å²) in [6.45, 7) is 0.412. The van der Waals surface area contributed by atoms with Gasteiger partial charge in [-0.25, -0.2) is 22.9 Å². The molecule has 1 aliphatic heterocycles. The molecule has 0 radical (unpaired) electrons. The van der Waals surface area contributed by atoms with Crippen LogP contribution in [0.5, 0.6) is 0 Å². The highest BCUT2D eigenvalue weighted by atomic mass is 32.2. The second-order valence-electron chi connectivity index (χ2n) is 7.93. The third-order valence-corrected chi connectivity index (χ3v) is 9.21. The van der Waals surface area contributed by atoms with Crippen LogP contribution in [0.2, 0.25) is 0 Å². The first-order valence-corrected chi connectivity index (χ1v) is 12.4. The van der Waals surface area contributed by atoms with Gasteiger partial charge in [0.1, 0.15) is 4.21 Å². The second kappa shape index (κ2) is 7.37. The smallest absolute Gasteiger partial charge is 0.305 e. The maximum atomic E-state index is 13.3. The summed E-state index contributed by atoms with van der Waals surface area (Å²) in [7, 11) is -3.53. The number of carbonyl (C=O) groups is 1. The number of anilines is 1. The normalized spacial score (nSPS) is 21.3. The number of alkyl halides is 2. The highest BCUT2D eigenvalue weighted by Crippen LogP contribution is 2.40. The lowest BCUT2D eigenvalue weighted by Crippen LogP contribution is -2.33. The third-order valence-electron chi connectivity index (χ3n) is 6.11. The van der Waals surface area contributed by atoms with Gasteiger partial charge in [-0.05, 0) is 72.4 Å². The van der Waals surface area contributed by atoms with Crippen LogP contribution in [0.25, 0.3) is 0 Å². The molecule has 4 N–H and O–H groups in total. The number of urea groups is 1. The molecule has 0 bridgehead atoms. The summed E-state index contributed by atoms with van der Waals surface area (Å²) in [6.07, 6.45) is 2.80. The Labute approximate surface area is 177 Å². The van der Waals surface area contributed by atoms with Crippen molar-refractivity contribution in [3.8, 4) is 0 Å². The number of fused-ring (bicyclic) bond motifs is 3. The van der Waals surface area contributed by atoms with Crippen molar-refractivity contribution in [2.45, 2.75) is 55.2 Å². The van der Waals surface area contributed by atoms with Gasteiger partial charge in [-0.2, -0.15) is 0 Å². The molecule has 2 aliphatic carbocycles. The number of halogens is 2. The van der Waals surface area contributed by atoms with Gasteiger partial charge in [-0.3, -0.25) is 0 Å². The first-order valence-electron chi connectivity index (χ1n) is 10.00. The van der Waals surface area contributed by atoms with Crippen LogP contribution < -0.4 is 15.8 Å². The van der Waals surface area contributed by atoms with Crippen molar-refractivity contribution >= 4 is 33.0 Å². The Morgan fingerprint density at radius 1 is 1.20 bits per heavy atom. The SMILES string of the molecule is NS(=O)(=NC(=O)Nc1c2c(cc3c1CC3)CCC2)c1cc2c(s1)CCNC2C(F)F. The third kappa shape index (κ3) is 3.35. The number of aryl methyl sites for hydroxylation is 2. The Kier molecular flexibility index (Phi) is 4.92. The van der Waals surface area contributed by atoms with E-state index >= 15 is 0 Å². The molecule has 160 valence electrons. The quantitative estimate of drug-likeness (QED) is 0.662. The molecule has 0 saturated carbocycles. The molecular formula is C20H22F2N4O2S2. The van der Waals surface area contributed by atoms with Crippen LogP contribution in [0.4, 0.5) is 19.3 Å². The molecule has 0 saturated heterocycles. The summed E-state index contributed by atoms with van der Waals surface area (Å²) in [5.41, 5.74) is 5.96. The number of benzene rings is 1. The minimum Gasteiger partial charge on any atom is -0.305 e. The molecule has 5 rings (SSSR count). The summed E-state index contributed by atoms with van der Waals surface area (Å²) in [5, 5.41) is 11.5. The molecule has 30 heavy (non-hydrogen) atoms. The monoisotopic (exact) mass is 452 g/mol. The van der Waals surface area contributed by atoms with E-state index in [-0.39, 0.29) is 4.21 Å². The topological polar surface area (TPSA) is 96.6 Å². The lowest BCUT2D eigenvalue weighted by Gasteiger charge is -2.25. The molecule has 2 amide bonds. The standard InChI is InChI=1S/C20H22F2N4O2S2/c21-19(22)18-14-9-16(29-15(14)6-7-24-18)30(23,28)26-20(27)25-17-12-3-1-2-10(12)8-11-4-5-13(11)17/h8-9,18-19,24H,1-7H2,(H3,23,25,26,27,28). The summed E-state index contributed by atoms with van der Waals surface area (Å²) in [5.74, 6) is 0. The Hall–Kier alpha value is -1.88. The van der Waals surface area contributed by atoms with Gasteiger partial charge in [-0.15, -0.1) is 15.7 Å². The Balaban J connectivity index is 1.45. The van der Waals surface area contributed by atoms with Gasteiger partial charge in [0, 0.05) is 17.1 Å². The van der Waals surface area contributed by atoms with E-state index in [2.05, 4.69) is 21.1 Å². The van der Waals surface area contributed by atoms with Crippen LogP contribution in [0, 0.1) is 0 Å². The van der Waals surface area contributed by atoms with Crippen LogP contribution in [0.15, 0.2) is 20.7 Å². The van der Waals surface area contributed by atoms with Crippen molar-refractivity contribution in [2.75, 3.05) is 11.9 Å². The van der Waals surface area contributed by atoms with E-state index in [9.17, 15) is 17.8 Å². The number of thiophene rings is 1. The largest absolute Gasteiger partial charge is 0.354 e. The fourth-order valence-corrected chi connectivity index (χ4v) is 7.09. The van der Waals surface area contributed by atoms with E-state index in [1.807, 2.05) is 0 Å². The zero-order chi connectivity index (χ0) is 21.0. The Morgan fingerprint density at radius 2 is 1.97 bits per heavy atom. The van der Waals surface area contributed by atoms with E-state index in [4.69, 9.17) is 5.14 Å². The van der Waals surface area contributed by atoms with Gasteiger partial charge < -0.3 is 10.6 Å². The molecule has 3 aliphatic rings. The predicted molar refractivity (Wildman–Crippen MR) is 113 cm³/mol. The molecule has 10 heteroatoms. The fraction of sp³-hybridized carbons (Fsp3) is 0.450. The molecule has 1 aromatic heterocycles. The zero-order valence-electron chi connectivity index (χ0n) is 16.2. The number of carbonyl (C=O) groups excluding carboxylic acids is 1. The van der Waals surface area contributed by atoms with Gasteiger partial charge in [0.05, 0.1) is 6.04 Å². The minimum atomic E-state index is -3.53. The second-order valence-corrected chi connectivity index (χ2v) is 11.1.